The van der Waals surface area contributed by atoms with Gasteiger partial charge in [-0.25, -0.2) is 0 Å². The molecule has 7 heteroatoms. The summed E-state index contributed by atoms with van der Waals surface area (Å²) in [5.41, 5.74) is 0.720. The number of alkyl halides is 3. The van der Waals surface area contributed by atoms with Gasteiger partial charge in [0, 0.05) is 17.3 Å². The fraction of sp³-hybridized carbons (Fsp3) is 0.120. The molecule has 164 valence electrons. The normalized spacial score (nSPS) is 17.3. The van der Waals surface area contributed by atoms with Gasteiger partial charge in [0.2, 0.25) is 0 Å². The third-order valence-electron chi connectivity index (χ3n) is 5.09. The lowest BCUT2D eigenvalue weighted by molar-refractivity contribution is -0.137. The summed E-state index contributed by atoms with van der Waals surface area (Å²) in [7, 11) is 0. The van der Waals surface area contributed by atoms with Crippen molar-refractivity contribution in [3.63, 3.8) is 0 Å². The molecule has 1 aliphatic heterocycles. The van der Waals surface area contributed by atoms with E-state index in [1.807, 2.05) is 29.2 Å². The molecule has 3 nitrogen and oxygen atoms in total. The summed E-state index contributed by atoms with van der Waals surface area (Å²) < 4.78 is 45.6. The Bertz CT molecular complexity index is 1130. The highest BCUT2D eigenvalue weighted by atomic mass is 35.5. The first-order valence-corrected chi connectivity index (χ1v) is 10.3. The van der Waals surface area contributed by atoms with Crippen molar-refractivity contribution in [3.8, 4) is 11.5 Å². The Morgan fingerprint density at radius 3 is 2.28 bits per heavy atom. The molecule has 0 aromatic heterocycles. The molecule has 1 heterocycles. The van der Waals surface area contributed by atoms with Crippen LogP contribution in [0.3, 0.4) is 0 Å². The van der Waals surface area contributed by atoms with Gasteiger partial charge in [0.15, 0.2) is 0 Å². The second-order valence-electron chi connectivity index (χ2n) is 7.23. The molecular weight excluding hydrogens is 437 g/mol. The van der Waals surface area contributed by atoms with E-state index < -0.39 is 11.7 Å². The Balaban J connectivity index is 1.63. The maximum atomic E-state index is 13.2. The fourth-order valence-corrected chi connectivity index (χ4v) is 3.74. The minimum absolute atomic E-state index is 0.313. The first-order valence-electron chi connectivity index (χ1n) is 9.91. The molecule has 0 amide bonds. The van der Waals surface area contributed by atoms with Gasteiger partial charge in [0.25, 0.3) is 0 Å². The fourth-order valence-electron chi connectivity index (χ4n) is 3.62. The number of hydrogen-bond donors (Lipinski definition) is 1. The summed E-state index contributed by atoms with van der Waals surface area (Å²) in [6, 6.07) is 19.5. The number of rotatable bonds is 5. The molecule has 32 heavy (non-hydrogen) atoms. The Labute approximate surface area is 189 Å². The average molecular weight is 457 g/mol. The third kappa shape index (κ3) is 4.75. The number of hydrogen-bond acceptors (Lipinski definition) is 3. The van der Waals surface area contributed by atoms with E-state index in [0.717, 1.165) is 17.6 Å². The summed E-state index contributed by atoms with van der Waals surface area (Å²) in [6.07, 6.45) is -0.957. The van der Waals surface area contributed by atoms with Crippen LogP contribution in [0.5, 0.6) is 11.5 Å². The molecular formula is C25H20ClF3N2O. The lowest BCUT2D eigenvalue weighted by Gasteiger charge is -2.27. The average Bonchev–Trinajstić information content (AvgIpc) is 3.19. The van der Waals surface area contributed by atoms with Gasteiger partial charge < -0.3 is 15.0 Å². The predicted molar refractivity (Wildman–Crippen MR) is 121 cm³/mol. The highest BCUT2D eigenvalue weighted by Crippen LogP contribution is 2.38. The van der Waals surface area contributed by atoms with Crippen molar-refractivity contribution in [3.05, 3.63) is 113 Å². The maximum absolute atomic E-state index is 13.2. The van der Waals surface area contributed by atoms with Crippen LogP contribution in [-0.4, -0.2) is 6.54 Å². The van der Waals surface area contributed by atoms with E-state index in [1.165, 1.54) is 12.1 Å². The van der Waals surface area contributed by atoms with Crippen LogP contribution in [0.25, 0.3) is 0 Å². The van der Waals surface area contributed by atoms with Crippen LogP contribution >= 0.6 is 11.6 Å². The zero-order chi connectivity index (χ0) is 22.7. The number of nitrogens with one attached hydrogen (secondary N) is 1. The Hall–Kier alpha value is -3.38. The molecule has 0 aliphatic carbocycles. The number of nitrogens with zero attached hydrogens (tertiary/aromatic N) is 1. The second kappa shape index (κ2) is 9.01. The Kier molecular flexibility index (Phi) is 6.15. The topological polar surface area (TPSA) is 24.5 Å². The van der Waals surface area contributed by atoms with Crippen LogP contribution in [0.4, 0.5) is 18.9 Å². The predicted octanol–water partition coefficient (Wildman–Crippen LogP) is 7.33. The molecule has 1 N–H and O–H groups in total. The van der Waals surface area contributed by atoms with Crippen molar-refractivity contribution in [2.45, 2.75) is 12.2 Å². The van der Waals surface area contributed by atoms with Gasteiger partial charge >= 0.3 is 6.18 Å². The quantitative estimate of drug-likeness (QED) is 0.435. The molecule has 0 radical (unpaired) electrons. The van der Waals surface area contributed by atoms with Gasteiger partial charge in [0.05, 0.1) is 11.6 Å². The lowest BCUT2D eigenvalue weighted by atomic mass is 10.0. The van der Waals surface area contributed by atoms with Crippen LogP contribution in [0.2, 0.25) is 5.02 Å². The number of ether oxygens (including phenoxy) is 1. The SMILES string of the molecule is C=C/C=C1\NCC(c2cccc(C(F)(F)F)c2)N1c1ccc(Oc2ccc(Cl)cc2)cc1. The van der Waals surface area contributed by atoms with Gasteiger partial charge in [-0.2, -0.15) is 13.2 Å². The van der Waals surface area contributed by atoms with Crippen LogP contribution in [0.1, 0.15) is 17.2 Å². The highest BCUT2D eigenvalue weighted by molar-refractivity contribution is 6.30. The Morgan fingerprint density at radius 2 is 1.66 bits per heavy atom. The number of benzene rings is 3. The van der Waals surface area contributed by atoms with E-state index in [1.54, 1.807) is 42.5 Å². The van der Waals surface area contributed by atoms with Gasteiger partial charge in [-0.3, -0.25) is 0 Å². The van der Waals surface area contributed by atoms with E-state index in [0.29, 0.717) is 28.6 Å². The van der Waals surface area contributed by atoms with Crippen molar-refractivity contribution in [2.75, 3.05) is 11.4 Å². The first-order chi connectivity index (χ1) is 15.3. The molecule has 1 saturated heterocycles. The first kappa shape index (κ1) is 21.8. The molecule has 1 atom stereocenters. The van der Waals surface area contributed by atoms with Crippen LogP contribution in [0.15, 0.2) is 97.3 Å². The molecule has 0 spiro atoms. The molecule has 3 aromatic rings. The van der Waals surface area contributed by atoms with E-state index in [9.17, 15) is 13.2 Å². The third-order valence-corrected chi connectivity index (χ3v) is 5.34. The van der Waals surface area contributed by atoms with Gasteiger partial charge in [-0.1, -0.05) is 36.4 Å². The van der Waals surface area contributed by atoms with Gasteiger partial charge in [-0.15, -0.1) is 0 Å². The van der Waals surface area contributed by atoms with Crippen LogP contribution in [-0.2, 0) is 6.18 Å². The van der Waals surface area contributed by atoms with E-state index in [4.69, 9.17) is 16.3 Å². The summed E-state index contributed by atoms with van der Waals surface area (Å²) in [5, 5.41) is 3.89. The van der Waals surface area contributed by atoms with Crippen LogP contribution < -0.4 is 15.0 Å². The molecule has 1 unspecified atom stereocenters. The molecule has 0 bridgehead atoms. The summed E-state index contributed by atoms with van der Waals surface area (Å²) in [6.45, 7) is 4.20. The highest BCUT2D eigenvalue weighted by Gasteiger charge is 2.34. The van der Waals surface area contributed by atoms with Crippen molar-refractivity contribution in [1.82, 2.24) is 5.32 Å². The van der Waals surface area contributed by atoms with E-state index in [-0.39, 0.29) is 6.04 Å². The van der Waals surface area contributed by atoms with E-state index in [2.05, 4.69) is 11.9 Å². The molecule has 1 aliphatic rings. The van der Waals surface area contributed by atoms with Gasteiger partial charge in [0.1, 0.15) is 17.3 Å². The maximum Gasteiger partial charge on any atom is 0.416 e. The second-order valence-corrected chi connectivity index (χ2v) is 7.66. The number of halogens is 4. The molecule has 1 fully saturated rings. The smallest absolute Gasteiger partial charge is 0.416 e. The van der Waals surface area contributed by atoms with Crippen molar-refractivity contribution >= 4 is 17.3 Å². The summed E-state index contributed by atoms with van der Waals surface area (Å²) >= 11 is 5.90. The zero-order valence-corrected chi connectivity index (χ0v) is 17.7. The summed E-state index contributed by atoms with van der Waals surface area (Å²) in [4.78, 5) is 1.96. The largest absolute Gasteiger partial charge is 0.457 e. The molecule has 4 rings (SSSR count). The van der Waals surface area contributed by atoms with Crippen molar-refractivity contribution in [1.29, 1.82) is 0 Å². The molecule has 3 aromatic carbocycles. The van der Waals surface area contributed by atoms with Crippen molar-refractivity contribution < 1.29 is 17.9 Å². The number of allylic oxidation sites excluding steroid dienone is 2. The monoisotopic (exact) mass is 456 g/mol. The lowest BCUT2D eigenvalue weighted by Crippen LogP contribution is -2.23. The molecule has 0 saturated carbocycles. The van der Waals surface area contributed by atoms with E-state index >= 15 is 0 Å². The minimum Gasteiger partial charge on any atom is -0.457 e. The zero-order valence-electron chi connectivity index (χ0n) is 16.9. The summed E-state index contributed by atoms with van der Waals surface area (Å²) in [5.74, 6) is 2.04. The Morgan fingerprint density at radius 1 is 1.00 bits per heavy atom. The van der Waals surface area contributed by atoms with Crippen LogP contribution in [0, 0.1) is 0 Å². The standard InChI is InChI=1S/C25H20ClF3N2O/c1-2-4-24-30-16-23(17-5-3-6-18(15-17)25(27,28)29)31(24)20-9-13-22(14-10-20)32-21-11-7-19(26)8-12-21/h2-15,23,30H,1,16H2/b24-4+. The minimum atomic E-state index is -4.40. The van der Waals surface area contributed by atoms with Crippen molar-refractivity contribution in [2.24, 2.45) is 0 Å². The number of anilines is 1. The van der Waals surface area contributed by atoms with Gasteiger partial charge in [-0.05, 0) is 72.3 Å².